The van der Waals surface area contributed by atoms with E-state index in [-0.39, 0.29) is 32.7 Å². The van der Waals surface area contributed by atoms with Crippen LogP contribution in [0.15, 0.2) is 0 Å². The van der Waals surface area contributed by atoms with Gasteiger partial charge in [-0.1, -0.05) is 6.92 Å². The Morgan fingerprint density at radius 1 is 1.08 bits per heavy atom. The van der Waals surface area contributed by atoms with Crippen LogP contribution >= 0.6 is 0 Å². The van der Waals surface area contributed by atoms with Crippen molar-refractivity contribution < 1.29 is 19.7 Å². The molecule has 2 N–H and O–H groups in total. The highest BCUT2D eigenvalue weighted by Gasteiger charge is 2.06. The lowest BCUT2D eigenvalue weighted by atomic mass is 10.3. The molecule has 1 radical (unpaired) electrons. The van der Waals surface area contributed by atoms with Gasteiger partial charge in [0.2, 0.25) is 0 Å². The molecule has 0 heterocycles. The molecule has 0 aromatic heterocycles. The maximum Gasteiger partial charge on any atom is 0.157 e. The van der Waals surface area contributed by atoms with E-state index >= 15 is 0 Å². The lowest BCUT2D eigenvalue weighted by molar-refractivity contribution is -0.154. The molecule has 0 amide bonds. The van der Waals surface area contributed by atoms with Crippen LogP contribution in [-0.4, -0.2) is 42.9 Å². The predicted octanol–water partition coefficient (Wildman–Crippen LogP) is -0.0554. The fraction of sp³-hybridized carbons (Fsp3) is 0.875. The Morgan fingerprint density at radius 2 is 1.58 bits per heavy atom. The van der Waals surface area contributed by atoms with Crippen molar-refractivity contribution >= 4 is 0 Å². The highest BCUT2D eigenvalue weighted by Crippen LogP contribution is 2.02. The van der Waals surface area contributed by atoms with Crippen LogP contribution in [0.4, 0.5) is 0 Å². The Kier molecular flexibility index (Phi) is 8.81. The van der Waals surface area contributed by atoms with Gasteiger partial charge in [0, 0.05) is 0 Å². The summed E-state index contributed by atoms with van der Waals surface area (Å²) in [6.07, 6.45) is 1.04. The van der Waals surface area contributed by atoms with Crippen molar-refractivity contribution in [3.05, 3.63) is 6.92 Å². The molecule has 0 aliphatic heterocycles. The van der Waals surface area contributed by atoms with E-state index in [2.05, 4.69) is 6.92 Å². The van der Waals surface area contributed by atoms with Gasteiger partial charge in [-0.3, -0.25) is 0 Å². The van der Waals surface area contributed by atoms with Crippen molar-refractivity contribution in [1.82, 2.24) is 0 Å². The van der Waals surface area contributed by atoms with Crippen LogP contribution in [0.1, 0.15) is 12.8 Å². The molecular formula is C8H17O4. The second-order valence-electron chi connectivity index (χ2n) is 2.26. The Labute approximate surface area is 73.1 Å². The number of hydrogen-bond donors (Lipinski definition) is 2. The third-order valence-corrected chi connectivity index (χ3v) is 1.23. The Morgan fingerprint density at radius 3 is 1.92 bits per heavy atom. The maximum absolute atomic E-state index is 8.46. The molecule has 0 aliphatic carbocycles. The van der Waals surface area contributed by atoms with Crippen molar-refractivity contribution in [3.8, 4) is 0 Å². The minimum atomic E-state index is -0.346. The summed E-state index contributed by atoms with van der Waals surface area (Å²) >= 11 is 0. The summed E-state index contributed by atoms with van der Waals surface area (Å²) in [4.78, 5) is 0. The second kappa shape index (κ2) is 8.93. The van der Waals surface area contributed by atoms with Gasteiger partial charge in [-0.05, 0) is 12.8 Å². The van der Waals surface area contributed by atoms with Gasteiger partial charge in [0.25, 0.3) is 0 Å². The van der Waals surface area contributed by atoms with E-state index < -0.39 is 0 Å². The molecule has 0 saturated heterocycles. The first kappa shape index (κ1) is 11.8. The van der Waals surface area contributed by atoms with Crippen LogP contribution in [0.5, 0.6) is 0 Å². The molecule has 4 nitrogen and oxygen atoms in total. The van der Waals surface area contributed by atoms with Crippen LogP contribution in [0.3, 0.4) is 0 Å². The summed E-state index contributed by atoms with van der Waals surface area (Å²) in [5.74, 6) is 0. The minimum Gasteiger partial charge on any atom is -0.394 e. The smallest absolute Gasteiger partial charge is 0.157 e. The third-order valence-electron chi connectivity index (χ3n) is 1.23. The summed E-state index contributed by atoms with van der Waals surface area (Å²) in [5.41, 5.74) is 0. The average molecular weight is 177 g/mol. The van der Waals surface area contributed by atoms with E-state index in [0.717, 1.165) is 0 Å². The summed E-state index contributed by atoms with van der Waals surface area (Å²) in [6.45, 7) is 4.14. The molecule has 0 aromatic rings. The summed E-state index contributed by atoms with van der Waals surface area (Å²) in [6, 6.07) is 0. The molecule has 0 aromatic carbocycles. The lowest BCUT2D eigenvalue weighted by Gasteiger charge is -2.16. The molecule has 0 rings (SSSR count). The molecular weight excluding hydrogens is 160 g/mol. The standard InChI is InChI=1S/C8H17O4/c1-2-3-8(11-6-4-9)12-7-5-10/h8-10H,1-7H2. The highest BCUT2D eigenvalue weighted by molar-refractivity contribution is 4.48. The number of aliphatic hydroxyl groups excluding tert-OH is 2. The van der Waals surface area contributed by atoms with Gasteiger partial charge in [0.1, 0.15) is 0 Å². The van der Waals surface area contributed by atoms with Crippen LogP contribution in [0.2, 0.25) is 0 Å². The van der Waals surface area contributed by atoms with Crippen LogP contribution in [0.25, 0.3) is 0 Å². The van der Waals surface area contributed by atoms with Gasteiger partial charge in [-0.25, -0.2) is 0 Å². The maximum atomic E-state index is 8.46. The molecule has 0 bridgehead atoms. The van der Waals surface area contributed by atoms with E-state index in [4.69, 9.17) is 19.7 Å². The largest absolute Gasteiger partial charge is 0.394 e. The summed E-state index contributed by atoms with van der Waals surface area (Å²) in [7, 11) is 0. The Balaban J connectivity index is 3.40. The molecule has 0 saturated carbocycles. The fourth-order valence-corrected chi connectivity index (χ4v) is 0.750. The van der Waals surface area contributed by atoms with Crippen molar-refractivity contribution in [3.63, 3.8) is 0 Å². The number of ether oxygens (including phenoxy) is 2. The number of hydrogen-bond acceptors (Lipinski definition) is 4. The van der Waals surface area contributed by atoms with Crippen molar-refractivity contribution in [1.29, 1.82) is 0 Å². The van der Waals surface area contributed by atoms with Gasteiger partial charge in [-0.2, -0.15) is 0 Å². The molecule has 4 heteroatoms. The van der Waals surface area contributed by atoms with E-state index in [1.54, 1.807) is 0 Å². The second-order valence-corrected chi connectivity index (χ2v) is 2.26. The molecule has 0 aliphatic rings. The third kappa shape index (κ3) is 6.54. The van der Waals surface area contributed by atoms with Crippen LogP contribution in [0, 0.1) is 6.92 Å². The lowest BCUT2D eigenvalue weighted by Crippen LogP contribution is -2.20. The van der Waals surface area contributed by atoms with E-state index in [1.807, 2.05) is 0 Å². The fourth-order valence-electron chi connectivity index (χ4n) is 0.750. The average Bonchev–Trinajstić information content (AvgIpc) is 2.10. The van der Waals surface area contributed by atoms with Crippen LogP contribution < -0.4 is 0 Å². The van der Waals surface area contributed by atoms with Crippen molar-refractivity contribution in [2.45, 2.75) is 19.1 Å². The van der Waals surface area contributed by atoms with Gasteiger partial charge in [-0.15, -0.1) is 0 Å². The van der Waals surface area contributed by atoms with E-state index in [1.165, 1.54) is 0 Å². The van der Waals surface area contributed by atoms with Gasteiger partial charge in [0.15, 0.2) is 6.29 Å². The zero-order chi connectivity index (χ0) is 9.23. The Hall–Kier alpha value is -0.160. The summed E-state index contributed by atoms with van der Waals surface area (Å²) < 4.78 is 10.2. The normalized spacial score (nSPS) is 11.0. The molecule has 12 heavy (non-hydrogen) atoms. The molecule has 0 fully saturated rings. The highest BCUT2D eigenvalue weighted by atomic mass is 16.7. The van der Waals surface area contributed by atoms with Crippen LogP contribution in [-0.2, 0) is 9.47 Å². The SMILES string of the molecule is [CH2]CCC(OCCO)OCCO. The topological polar surface area (TPSA) is 58.9 Å². The zero-order valence-electron chi connectivity index (χ0n) is 7.24. The minimum absolute atomic E-state index is 0.0177. The number of rotatable bonds is 8. The van der Waals surface area contributed by atoms with E-state index in [9.17, 15) is 0 Å². The summed E-state index contributed by atoms with van der Waals surface area (Å²) in [5, 5.41) is 16.9. The first-order valence-electron chi connectivity index (χ1n) is 4.09. The van der Waals surface area contributed by atoms with Crippen molar-refractivity contribution in [2.24, 2.45) is 0 Å². The first-order chi connectivity index (χ1) is 5.85. The Bertz CT molecular complexity index is 79.1. The molecule has 0 spiro atoms. The predicted molar refractivity (Wildman–Crippen MR) is 44.5 cm³/mol. The number of aliphatic hydroxyl groups is 2. The molecule has 0 atom stereocenters. The van der Waals surface area contributed by atoms with E-state index in [0.29, 0.717) is 12.8 Å². The quantitative estimate of drug-likeness (QED) is 0.510. The molecule has 0 unspecified atom stereocenters. The zero-order valence-corrected chi connectivity index (χ0v) is 7.24. The van der Waals surface area contributed by atoms with Gasteiger partial charge < -0.3 is 19.7 Å². The van der Waals surface area contributed by atoms with Crippen molar-refractivity contribution in [2.75, 3.05) is 26.4 Å². The van der Waals surface area contributed by atoms with Gasteiger partial charge >= 0.3 is 0 Å². The monoisotopic (exact) mass is 177 g/mol. The first-order valence-corrected chi connectivity index (χ1v) is 4.09. The van der Waals surface area contributed by atoms with Gasteiger partial charge in [0.05, 0.1) is 26.4 Å². The molecule has 73 valence electrons.